The van der Waals surface area contributed by atoms with Gasteiger partial charge in [-0.1, -0.05) is 0 Å². The Hall–Kier alpha value is -1.79. The van der Waals surface area contributed by atoms with E-state index in [0.717, 1.165) is 0 Å². The summed E-state index contributed by atoms with van der Waals surface area (Å²) in [5.41, 5.74) is 4.84. The summed E-state index contributed by atoms with van der Waals surface area (Å²) in [6, 6.07) is -0.379. The number of nitrogens with two attached hydrogens (primary N) is 1. The predicted octanol–water partition coefficient (Wildman–Crippen LogP) is -1.41. The Morgan fingerprint density at radius 2 is 2.00 bits per heavy atom. The van der Waals surface area contributed by atoms with Gasteiger partial charge in [0.05, 0.1) is 13.0 Å². The SMILES string of the molecule is NC(=O)CNC(=O)N1CC(CC(=O)O)C1. The van der Waals surface area contributed by atoms with Crippen LogP contribution in [0.5, 0.6) is 0 Å². The molecule has 0 aromatic carbocycles. The number of carboxylic acid groups (broad SMARTS) is 1. The molecule has 84 valence electrons. The first kappa shape index (κ1) is 11.3. The summed E-state index contributed by atoms with van der Waals surface area (Å²) >= 11 is 0. The number of nitrogens with one attached hydrogen (secondary N) is 1. The third kappa shape index (κ3) is 3.45. The van der Waals surface area contributed by atoms with E-state index >= 15 is 0 Å². The van der Waals surface area contributed by atoms with Crippen LogP contribution in [0, 0.1) is 5.92 Å². The number of primary amides is 1. The minimum atomic E-state index is -0.864. The lowest BCUT2D eigenvalue weighted by molar-refractivity contribution is -0.139. The molecule has 0 saturated carbocycles. The van der Waals surface area contributed by atoms with Crippen LogP contribution in [0.4, 0.5) is 4.79 Å². The van der Waals surface area contributed by atoms with E-state index in [0.29, 0.717) is 13.1 Å². The van der Waals surface area contributed by atoms with Crippen molar-refractivity contribution in [2.45, 2.75) is 6.42 Å². The van der Waals surface area contributed by atoms with Gasteiger partial charge in [-0.3, -0.25) is 9.59 Å². The fraction of sp³-hybridized carbons (Fsp3) is 0.625. The van der Waals surface area contributed by atoms with E-state index < -0.39 is 11.9 Å². The first-order valence-corrected chi connectivity index (χ1v) is 4.52. The predicted molar refractivity (Wildman–Crippen MR) is 49.9 cm³/mol. The maximum Gasteiger partial charge on any atom is 0.317 e. The Kier molecular flexibility index (Phi) is 3.48. The van der Waals surface area contributed by atoms with Gasteiger partial charge in [-0.2, -0.15) is 0 Å². The molecule has 0 bridgehead atoms. The van der Waals surface area contributed by atoms with Gasteiger partial charge in [0.15, 0.2) is 0 Å². The quantitative estimate of drug-likeness (QED) is 0.534. The number of rotatable bonds is 4. The molecule has 0 aliphatic carbocycles. The highest BCUT2D eigenvalue weighted by molar-refractivity contribution is 5.83. The number of hydrogen-bond acceptors (Lipinski definition) is 3. The van der Waals surface area contributed by atoms with Crippen LogP contribution in [0.3, 0.4) is 0 Å². The number of carboxylic acids is 1. The molecule has 0 aromatic rings. The van der Waals surface area contributed by atoms with Gasteiger partial charge in [-0.25, -0.2) is 4.79 Å². The van der Waals surface area contributed by atoms with Gasteiger partial charge in [0, 0.05) is 19.0 Å². The van der Waals surface area contributed by atoms with E-state index in [9.17, 15) is 14.4 Å². The zero-order chi connectivity index (χ0) is 11.4. The largest absolute Gasteiger partial charge is 0.481 e. The summed E-state index contributed by atoms with van der Waals surface area (Å²) in [7, 11) is 0. The standard InChI is InChI=1S/C8H13N3O4/c9-6(12)2-10-8(15)11-3-5(4-11)1-7(13)14/h5H,1-4H2,(H2,9,12)(H,10,15)(H,13,14). The Morgan fingerprint density at radius 1 is 1.40 bits per heavy atom. The molecule has 0 spiro atoms. The summed E-state index contributed by atoms with van der Waals surface area (Å²) in [5, 5.41) is 10.8. The molecule has 1 aliphatic heterocycles. The molecule has 0 atom stereocenters. The number of carbonyl (C=O) groups is 3. The van der Waals surface area contributed by atoms with Crippen LogP contribution in [0.2, 0.25) is 0 Å². The number of likely N-dealkylation sites (tertiary alicyclic amines) is 1. The van der Waals surface area contributed by atoms with Crippen molar-refractivity contribution in [1.29, 1.82) is 0 Å². The summed E-state index contributed by atoms with van der Waals surface area (Å²) < 4.78 is 0. The Bertz CT molecular complexity index is 286. The third-order valence-corrected chi connectivity index (χ3v) is 2.12. The first-order valence-electron chi connectivity index (χ1n) is 4.52. The first-order chi connectivity index (χ1) is 6.99. The van der Waals surface area contributed by atoms with Gasteiger partial charge in [0.1, 0.15) is 0 Å². The highest BCUT2D eigenvalue weighted by atomic mass is 16.4. The van der Waals surface area contributed by atoms with E-state index in [1.54, 1.807) is 0 Å². The van der Waals surface area contributed by atoms with E-state index in [-0.39, 0.29) is 24.9 Å². The molecule has 1 heterocycles. The lowest BCUT2D eigenvalue weighted by atomic mass is 9.97. The van der Waals surface area contributed by atoms with Gasteiger partial charge in [0.2, 0.25) is 5.91 Å². The number of urea groups is 1. The van der Waals surface area contributed by atoms with Crippen molar-refractivity contribution in [3.8, 4) is 0 Å². The number of carbonyl (C=O) groups excluding carboxylic acids is 2. The second-order valence-corrected chi connectivity index (χ2v) is 3.49. The van der Waals surface area contributed by atoms with Crippen molar-refractivity contribution < 1.29 is 19.5 Å². The van der Waals surface area contributed by atoms with Crippen molar-refractivity contribution in [3.05, 3.63) is 0 Å². The molecule has 4 N–H and O–H groups in total. The molecule has 1 fully saturated rings. The third-order valence-electron chi connectivity index (χ3n) is 2.12. The van der Waals surface area contributed by atoms with Crippen LogP contribution in [0.1, 0.15) is 6.42 Å². The molecule has 0 radical (unpaired) electrons. The van der Waals surface area contributed by atoms with E-state index in [1.807, 2.05) is 0 Å². The van der Waals surface area contributed by atoms with Crippen LogP contribution in [0.25, 0.3) is 0 Å². The van der Waals surface area contributed by atoms with Crippen molar-refractivity contribution >= 4 is 17.9 Å². The highest BCUT2D eigenvalue weighted by Crippen LogP contribution is 2.18. The summed E-state index contributed by atoms with van der Waals surface area (Å²) in [6.45, 7) is 0.632. The summed E-state index contributed by atoms with van der Waals surface area (Å²) in [5.74, 6) is -1.45. The maximum absolute atomic E-state index is 11.2. The second kappa shape index (κ2) is 4.63. The molecule has 1 saturated heterocycles. The molecular formula is C8H13N3O4. The van der Waals surface area contributed by atoms with Crippen LogP contribution < -0.4 is 11.1 Å². The molecule has 1 aliphatic rings. The van der Waals surface area contributed by atoms with Gasteiger partial charge >= 0.3 is 12.0 Å². The number of hydrogen-bond donors (Lipinski definition) is 3. The lowest BCUT2D eigenvalue weighted by Gasteiger charge is -2.38. The van der Waals surface area contributed by atoms with Crippen LogP contribution >= 0.6 is 0 Å². The van der Waals surface area contributed by atoms with E-state index in [2.05, 4.69) is 5.32 Å². The van der Waals surface area contributed by atoms with E-state index in [4.69, 9.17) is 10.8 Å². The van der Waals surface area contributed by atoms with Crippen molar-refractivity contribution in [2.75, 3.05) is 19.6 Å². The fourth-order valence-corrected chi connectivity index (χ4v) is 1.39. The highest BCUT2D eigenvalue weighted by Gasteiger charge is 2.31. The molecule has 0 unspecified atom stereocenters. The summed E-state index contributed by atoms with van der Waals surface area (Å²) in [4.78, 5) is 33.3. The normalized spacial score (nSPS) is 15.6. The molecule has 7 heteroatoms. The second-order valence-electron chi connectivity index (χ2n) is 3.49. The molecule has 3 amide bonds. The lowest BCUT2D eigenvalue weighted by Crippen LogP contribution is -2.55. The Labute approximate surface area is 86.2 Å². The van der Waals surface area contributed by atoms with E-state index in [1.165, 1.54) is 4.90 Å². The molecule has 0 aromatic heterocycles. The number of nitrogens with zero attached hydrogens (tertiary/aromatic N) is 1. The van der Waals surface area contributed by atoms with Crippen molar-refractivity contribution in [2.24, 2.45) is 11.7 Å². The van der Waals surface area contributed by atoms with Crippen LogP contribution in [0.15, 0.2) is 0 Å². The average molecular weight is 215 g/mol. The van der Waals surface area contributed by atoms with Crippen LogP contribution in [-0.2, 0) is 9.59 Å². The maximum atomic E-state index is 11.2. The number of aliphatic carboxylic acids is 1. The van der Waals surface area contributed by atoms with Crippen molar-refractivity contribution in [3.63, 3.8) is 0 Å². The van der Waals surface area contributed by atoms with Gasteiger partial charge in [-0.05, 0) is 0 Å². The molecular weight excluding hydrogens is 202 g/mol. The zero-order valence-corrected chi connectivity index (χ0v) is 8.10. The van der Waals surface area contributed by atoms with Crippen molar-refractivity contribution in [1.82, 2.24) is 10.2 Å². The zero-order valence-electron chi connectivity index (χ0n) is 8.10. The fourth-order valence-electron chi connectivity index (χ4n) is 1.39. The van der Waals surface area contributed by atoms with Crippen LogP contribution in [-0.4, -0.2) is 47.5 Å². The topological polar surface area (TPSA) is 113 Å². The monoisotopic (exact) mass is 215 g/mol. The Morgan fingerprint density at radius 3 is 2.47 bits per heavy atom. The molecule has 15 heavy (non-hydrogen) atoms. The minimum absolute atomic E-state index is 0.0156. The summed E-state index contributed by atoms with van der Waals surface area (Å²) in [6.07, 6.45) is 0.0690. The molecule has 7 nitrogen and oxygen atoms in total. The van der Waals surface area contributed by atoms with Gasteiger partial charge < -0.3 is 21.1 Å². The smallest absolute Gasteiger partial charge is 0.317 e. The van der Waals surface area contributed by atoms with Gasteiger partial charge in [0.25, 0.3) is 0 Å². The minimum Gasteiger partial charge on any atom is -0.481 e. The number of amides is 3. The Balaban J connectivity index is 2.18. The van der Waals surface area contributed by atoms with Gasteiger partial charge in [-0.15, -0.1) is 0 Å². The average Bonchev–Trinajstić information content (AvgIpc) is 2.06. The molecule has 1 rings (SSSR count).